The Bertz CT molecular complexity index is 392. The Labute approximate surface area is 128 Å². The quantitative estimate of drug-likeness (QED) is 0.764. The number of morpholine rings is 1. The Morgan fingerprint density at radius 2 is 2.24 bits per heavy atom. The van der Waals surface area contributed by atoms with E-state index in [2.05, 4.69) is 21.2 Å². The summed E-state index contributed by atoms with van der Waals surface area (Å²) in [5.41, 5.74) is -0.813. The molecule has 1 aliphatic heterocycles. The third kappa shape index (κ3) is 5.62. The van der Waals surface area contributed by atoms with Crippen molar-refractivity contribution in [3.63, 3.8) is 0 Å². The molecule has 1 heterocycles. The zero-order valence-electron chi connectivity index (χ0n) is 13.8. The minimum Gasteiger partial charge on any atom is -0.374 e. The highest BCUT2D eigenvalue weighted by Gasteiger charge is 2.31. The molecule has 1 rings (SSSR count). The van der Waals surface area contributed by atoms with Gasteiger partial charge >= 0.3 is 0 Å². The third-order valence-electron chi connectivity index (χ3n) is 3.94. The molecular weight excluding hydrogens is 268 g/mol. The van der Waals surface area contributed by atoms with E-state index in [4.69, 9.17) is 4.74 Å². The first-order valence-corrected chi connectivity index (χ1v) is 7.47. The molecular formula is C15H28N4O2. The van der Waals surface area contributed by atoms with Crippen molar-refractivity contribution in [2.45, 2.75) is 32.4 Å². The predicted octanol–water partition coefficient (Wildman–Crippen LogP) is 0.303. The van der Waals surface area contributed by atoms with E-state index in [-0.39, 0.29) is 17.9 Å². The second-order valence-corrected chi connectivity index (χ2v) is 6.51. The SMILES string of the molecule is CC(C)[C@@](C)(C#N)NC(=O)CN1CCO[C@H](CN(C)C)C1. The maximum Gasteiger partial charge on any atom is 0.235 e. The van der Waals surface area contributed by atoms with Crippen molar-refractivity contribution in [1.82, 2.24) is 15.1 Å². The van der Waals surface area contributed by atoms with Crippen molar-refractivity contribution >= 4 is 5.91 Å². The van der Waals surface area contributed by atoms with Crippen molar-refractivity contribution in [2.75, 3.05) is 46.9 Å². The lowest BCUT2D eigenvalue weighted by molar-refractivity contribution is -0.126. The number of carbonyl (C=O) groups is 1. The normalized spacial score (nSPS) is 22.9. The first kappa shape index (κ1) is 17.9. The number of hydrogen-bond donors (Lipinski definition) is 1. The minimum absolute atomic E-state index is 0.0672. The van der Waals surface area contributed by atoms with Crippen LogP contribution in [0.4, 0.5) is 0 Å². The molecule has 2 atom stereocenters. The number of ether oxygens (including phenoxy) is 1. The van der Waals surface area contributed by atoms with Gasteiger partial charge in [0.1, 0.15) is 5.54 Å². The van der Waals surface area contributed by atoms with Crippen LogP contribution in [0.2, 0.25) is 0 Å². The average molecular weight is 296 g/mol. The number of hydrogen-bond acceptors (Lipinski definition) is 5. The minimum atomic E-state index is -0.813. The summed E-state index contributed by atoms with van der Waals surface area (Å²) in [6, 6.07) is 2.20. The summed E-state index contributed by atoms with van der Waals surface area (Å²) >= 11 is 0. The van der Waals surface area contributed by atoms with Gasteiger partial charge in [0.05, 0.1) is 25.3 Å². The van der Waals surface area contributed by atoms with E-state index in [1.54, 1.807) is 6.92 Å². The van der Waals surface area contributed by atoms with Crippen LogP contribution < -0.4 is 5.32 Å². The molecule has 0 aromatic rings. The van der Waals surface area contributed by atoms with Crippen LogP contribution >= 0.6 is 0 Å². The molecule has 1 amide bonds. The monoisotopic (exact) mass is 296 g/mol. The molecule has 0 saturated carbocycles. The Kier molecular flexibility index (Phi) is 6.59. The maximum atomic E-state index is 12.2. The molecule has 0 bridgehead atoms. The van der Waals surface area contributed by atoms with Crippen LogP contribution in [0.3, 0.4) is 0 Å². The number of carbonyl (C=O) groups excluding carboxylic acids is 1. The fourth-order valence-corrected chi connectivity index (χ4v) is 2.28. The largest absolute Gasteiger partial charge is 0.374 e. The smallest absolute Gasteiger partial charge is 0.235 e. The third-order valence-corrected chi connectivity index (χ3v) is 3.94. The standard InChI is InChI=1S/C15H28N4O2/c1-12(2)15(3,11-16)17-14(20)10-19-6-7-21-13(9-19)8-18(4)5/h12-13H,6-10H2,1-5H3,(H,17,20)/t13-,15-/m1/s1. The lowest BCUT2D eigenvalue weighted by Gasteiger charge is -2.34. The summed E-state index contributed by atoms with van der Waals surface area (Å²) in [6.45, 7) is 8.95. The van der Waals surface area contributed by atoms with Gasteiger partial charge in [-0.05, 0) is 26.9 Å². The molecule has 1 aliphatic rings. The summed E-state index contributed by atoms with van der Waals surface area (Å²) < 4.78 is 5.69. The van der Waals surface area contributed by atoms with Crippen LogP contribution in [0, 0.1) is 17.2 Å². The second kappa shape index (κ2) is 7.74. The van der Waals surface area contributed by atoms with Gasteiger partial charge < -0.3 is 15.0 Å². The van der Waals surface area contributed by atoms with Crippen LogP contribution in [-0.4, -0.2) is 74.2 Å². The topological polar surface area (TPSA) is 68.6 Å². The van der Waals surface area contributed by atoms with Crippen LogP contribution in [0.5, 0.6) is 0 Å². The van der Waals surface area contributed by atoms with Crippen LogP contribution in [0.25, 0.3) is 0 Å². The van der Waals surface area contributed by atoms with Gasteiger partial charge in [0.2, 0.25) is 5.91 Å². The van der Waals surface area contributed by atoms with Crippen molar-refractivity contribution in [1.29, 1.82) is 5.26 Å². The van der Waals surface area contributed by atoms with Gasteiger partial charge in [-0.3, -0.25) is 9.69 Å². The molecule has 1 fully saturated rings. The summed E-state index contributed by atoms with van der Waals surface area (Å²) in [5, 5.41) is 12.1. The fourth-order valence-electron chi connectivity index (χ4n) is 2.28. The molecule has 1 saturated heterocycles. The second-order valence-electron chi connectivity index (χ2n) is 6.51. The van der Waals surface area contributed by atoms with Gasteiger partial charge in [-0.25, -0.2) is 0 Å². The van der Waals surface area contributed by atoms with Crippen molar-refractivity contribution in [2.24, 2.45) is 5.92 Å². The average Bonchev–Trinajstić information content (AvgIpc) is 2.37. The number of rotatable bonds is 6. The van der Waals surface area contributed by atoms with E-state index < -0.39 is 5.54 Å². The lowest BCUT2D eigenvalue weighted by atomic mass is 9.90. The molecule has 21 heavy (non-hydrogen) atoms. The molecule has 1 N–H and O–H groups in total. The highest BCUT2D eigenvalue weighted by atomic mass is 16.5. The maximum absolute atomic E-state index is 12.2. The summed E-state index contributed by atoms with van der Waals surface area (Å²) in [5.74, 6) is -0.0316. The van der Waals surface area contributed by atoms with E-state index in [0.29, 0.717) is 13.2 Å². The predicted molar refractivity (Wildman–Crippen MR) is 81.7 cm³/mol. The van der Waals surface area contributed by atoms with Crippen molar-refractivity contribution < 1.29 is 9.53 Å². The molecule has 0 aromatic heterocycles. The zero-order chi connectivity index (χ0) is 16.0. The van der Waals surface area contributed by atoms with Gasteiger partial charge in [-0.1, -0.05) is 13.8 Å². The van der Waals surface area contributed by atoms with Gasteiger partial charge in [0.25, 0.3) is 0 Å². The van der Waals surface area contributed by atoms with E-state index in [0.717, 1.165) is 19.6 Å². The summed E-state index contributed by atoms with van der Waals surface area (Å²) in [4.78, 5) is 16.3. The van der Waals surface area contributed by atoms with Crippen LogP contribution in [0.1, 0.15) is 20.8 Å². The first-order valence-electron chi connectivity index (χ1n) is 7.47. The summed E-state index contributed by atoms with van der Waals surface area (Å²) in [6.07, 6.45) is 0.133. The van der Waals surface area contributed by atoms with E-state index in [9.17, 15) is 10.1 Å². The Hall–Kier alpha value is -1.16. The van der Waals surface area contributed by atoms with Crippen LogP contribution in [-0.2, 0) is 9.53 Å². The first-order chi connectivity index (χ1) is 9.76. The molecule has 0 aromatic carbocycles. The molecule has 0 unspecified atom stereocenters. The van der Waals surface area contributed by atoms with E-state index in [1.165, 1.54) is 0 Å². The summed E-state index contributed by atoms with van der Waals surface area (Å²) in [7, 11) is 4.02. The fraction of sp³-hybridized carbons (Fsp3) is 0.867. The van der Waals surface area contributed by atoms with Gasteiger partial charge in [-0.2, -0.15) is 5.26 Å². The number of amides is 1. The highest BCUT2D eigenvalue weighted by molar-refractivity contribution is 5.79. The van der Waals surface area contributed by atoms with Crippen LogP contribution in [0.15, 0.2) is 0 Å². The van der Waals surface area contributed by atoms with E-state index >= 15 is 0 Å². The Morgan fingerprint density at radius 1 is 1.57 bits per heavy atom. The Balaban J connectivity index is 2.49. The highest BCUT2D eigenvalue weighted by Crippen LogP contribution is 2.15. The van der Waals surface area contributed by atoms with Gasteiger partial charge in [0, 0.05) is 19.6 Å². The molecule has 0 aliphatic carbocycles. The zero-order valence-corrected chi connectivity index (χ0v) is 13.8. The number of nitriles is 1. The van der Waals surface area contributed by atoms with Crippen molar-refractivity contribution in [3.05, 3.63) is 0 Å². The molecule has 6 nitrogen and oxygen atoms in total. The lowest BCUT2D eigenvalue weighted by Crippen LogP contribution is -2.54. The van der Waals surface area contributed by atoms with E-state index in [1.807, 2.05) is 27.9 Å². The molecule has 0 radical (unpaired) electrons. The molecule has 120 valence electrons. The van der Waals surface area contributed by atoms with Crippen molar-refractivity contribution in [3.8, 4) is 6.07 Å². The molecule has 0 spiro atoms. The Morgan fingerprint density at radius 3 is 2.76 bits per heavy atom. The number of nitrogens with zero attached hydrogens (tertiary/aromatic N) is 3. The number of likely N-dealkylation sites (N-methyl/N-ethyl adjacent to an activating group) is 1. The molecule has 6 heteroatoms. The number of nitrogens with one attached hydrogen (secondary N) is 1. The van der Waals surface area contributed by atoms with Gasteiger partial charge in [0.15, 0.2) is 0 Å². The van der Waals surface area contributed by atoms with Gasteiger partial charge in [-0.15, -0.1) is 0 Å².